The number of ether oxygens (including phenoxy) is 1. The Labute approximate surface area is 349 Å². The van der Waals surface area contributed by atoms with Crippen molar-refractivity contribution in [1.29, 1.82) is 0 Å². The van der Waals surface area contributed by atoms with Crippen LogP contribution < -0.4 is 0 Å². The minimum atomic E-state index is -1.98. The van der Waals surface area contributed by atoms with E-state index in [1.54, 1.807) is 0 Å². The van der Waals surface area contributed by atoms with Crippen molar-refractivity contribution in [3.05, 3.63) is 0 Å². The monoisotopic (exact) mass is 799 g/mol. The van der Waals surface area contributed by atoms with Crippen LogP contribution in [-0.4, -0.2) is 34.0 Å². The van der Waals surface area contributed by atoms with Gasteiger partial charge in [0.15, 0.2) is 0 Å². The van der Waals surface area contributed by atoms with E-state index in [4.69, 9.17) is 17.4 Å². The van der Waals surface area contributed by atoms with Gasteiger partial charge in [-0.25, -0.2) is 8.75 Å². The average molecular weight is 800 g/mol. The summed E-state index contributed by atoms with van der Waals surface area (Å²) in [5.74, 6) is 5.69. The molecule has 3 heteroatoms. The van der Waals surface area contributed by atoms with E-state index in [0.29, 0.717) is 0 Å². The summed E-state index contributed by atoms with van der Waals surface area (Å²) >= 11 is 5.65. The second kappa shape index (κ2) is 41.7. The van der Waals surface area contributed by atoms with Crippen molar-refractivity contribution in [3.63, 3.8) is 0 Å². The highest BCUT2D eigenvalue weighted by Crippen LogP contribution is 2.64. The SMILES string of the molecule is CCCCCCCCCCOC(S)=S(CCCCCCCCCC)(CCCCCCCCCC)(CCCCCCCCCC)CCCCCCCCCC. The van der Waals surface area contributed by atoms with E-state index in [1.165, 1.54) is 284 Å². The Hall–Kier alpha value is 0.530. The molecule has 0 atom stereocenters. The first-order valence-electron chi connectivity index (χ1n) is 25.6. The van der Waals surface area contributed by atoms with Crippen molar-refractivity contribution in [2.24, 2.45) is 0 Å². The maximum atomic E-state index is 7.07. The van der Waals surface area contributed by atoms with Crippen LogP contribution in [0.2, 0.25) is 0 Å². The van der Waals surface area contributed by atoms with Gasteiger partial charge in [-0.05, 0) is 55.1 Å². The highest BCUT2D eigenvalue weighted by Gasteiger charge is 2.36. The van der Waals surface area contributed by atoms with Gasteiger partial charge in [0.1, 0.15) is 4.38 Å². The molecule has 1 nitrogen and oxygen atoms in total. The molecule has 0 amide bonds. The summed E-state index contributed by atoms with van der Waals surface area (Å²) < 4.78 is 8.37. The third-order valence-corrected chi connectivity index (χ3v) is 21.1. The minimum absolute atomic E-state index is 0.907. The van der Waals surface area contributed by atoms with Crippen LogP contribution in [-0.2, 0) is 4.74 Å². The summed E-state index contributed by atoms with van der Waals surface area (Å²) in [4.78, 5) is 0. The molecule has 0 fully saturated rings. The Balaban J connectivity index is 6.15. The highest BCUT2D eigenvalue weighted by molar-refractivity contribution is 8.52. The van der Waals surface area contributed by atoms with Gasteiger partial charge in [0.2, 0.25) is 0 Å². The van der Waals surface area contributed by atoms with E-state index in [1.807, 2.05) is 0 Å². The first kappa shape index (κ1) is 54.5. The Kier molecular flexibility index (Phi) is 42.1. The zero-order chi connectivity index (χ0) is 39.6. The molecule has 0 aliphatic carbocycles. The normalized spacial score (nSPS) is 12.7. The largest absolute Gasteiger partial charge is 0.336 e. The summed E-state index contributed by atoms with van der Waals surface area (Å²) in [6.45, 7) is 12.6. The van der Waals surface area contributed by atoms with Gasteiger partial charge >= 0.3 is 0 Å². The standard InChI is InChI=1S/C51H106OS2/c1-6-11-16-21-26-31-36-41-46-52-51(53)54(47-42-37-32-27-22-17-12-7-2,48-43-38-33-28-23-18-13-8-3,49-44-39-34-29-24-19-14-9-4)50-45-40-35-30-25-20-15-10-5/h53H,6-50H2,1-5H3. The summed E-state index contributed by atoms with van der Waals surface area (Å²) in [6.07, 6.45) is 56.3. The zero-order valence-electron chi connectivity index (χ0n) is 38.6. The number of unbranched alkanes of at least 4 members (excludes halogenated alkanes) is 35. The molecule has 0 aromatic rings. The van der Waals surface area contributed by atoms with E-state index in [9.17, 15) is 0 Å². The molecular formula is C51H106OS2. The Morgan fingerprint density at radius 1 is 0.278 bits per heavy atom. The van der Waals surface area contributed by atoms with Gasteiger partial charge in [-0.2, -0.15) is 0 Å². The number of hydrogen-bond donors (Lipinski definition) is 1. The van der Waals surface area contributed by atoms with Gasteiger partial charge in [-0.3, -0.25) is 0 Å². The van der Waals surface area contributed by atoms with Crippen LogP contribution in [0.1, 0.15) is 291 Å². The van der Waals surface area contributed by atoms with Crippen molar-refractivity contribution in [1.82, 2.24) is 0 Å². The van der Waals surface area contributed by atoms with E-state index < -0.39 is 8.75 Å². The van der Waals surface area contributed by atoms with Crippen LogP contribution in [0.4, 0.5) is 0 Å². The zero-order valence-corrected chi connectivity index (χ0v) is 40.3. The molecule has 54 heavy (non-hydrogen) atoms. The van der Waals surface area contributed by atoms with Gasteiger partial charge in [0.25, 0.3) is 0 Å². The second-order valence-corrected chi connectivity index (χ2v) is 24.4. The molecule has 0 aliphatic rings. The van der Waals surface area contributed by atoms with Crippen LogP contribution in [0.5, 0.6) is 0 Å². The van der Waals surface area contributed by atoms with Crippen LogP contribution in [0.25, 0.3) is 0 Å². The fourth-order valence-electron chi connectivity index (χ4n) is 8.98. The molecule has 0 radical (unpaired) electrons. The fraction of sp³-hybridized carbons (Fsp3) is 0.980. The maximum Gasteiger partial charge on any atom is 0.116 e. The lowest BCUT2D eigenvalue weighted by Gasteiger charge is -2.52. The molecule has 0 saturated heterocycles. The summed E-state index contributed by atoms with van der Waals surface area (Å²) in [7, 11) is -1.98. The predicted octanol–water partition coefficient (Wildman–Crippen LogP) is 19.1. The lowest BCUT2D eigenvalue weighted by Crippen LogP contribution is -2.31. The number of hydrogen-bond acceptors (Lipinski definition) is 1. The predicted molar refractivity (Wildman–Crippen MR) is 260 cm³/mol. The van der Waals surface area contributed by atoms with Gasteiger partial charge in [-0.1, -0.05) is 259 Å². The summed E-state index contributed by atoms with van der Waals surface area (Å²) in [5, 5.41) is 0. The molecule has 0 N–H and O–H groups in total. The molecule has 328 valence electrons. The quantitative estimate of drug-likeness (QED) is 0.0367. The minimum Gasteiger partial charge on any atom is -0.336 e. The molecule has 0 saturated carbocycles. The first-order valence-corrected chi connectivity index (χ1v) is 28.8. The molecule has 0 unspecified atom stereocenters. The average Bonchev–Trinajstić information content (AvgIpc) is 3.18. The Morgan fingerprint density at radius 2 is 0.463 bits per heavy atom. The second-order valence-electron chi connectivity index (χ2n) is 18.1. The van der Waals surface area contributed by atoms with Gasteiger partial charge < -0.3 is 4.74 Å². The van der Waals surface area contributed by atoms with Crippen molar-refractivity contribution in [3.8, 4) is 0 Å². The van der Waals surface area contributed by atoms with Crippen molar-refractivity contribution in [2.45, 2.75) is 291 Å². The number of thiol groups is 1. The van der Waals surface area contributed by atoms with E-state index >= 15 is 0 Å². The smallest absolute Gasteiger partial charge is 0.116 e. The Morgan fingerprint density at radius 3 is 0.685 bits per heavy atom. The van der Waals surface area contributed by atoms with Crippen LogP contribution in [0, 0.1) is 0 Å². The first-order chi connectivity index (χ1) is 26.5. The Bertz CT molecular complexity index is 702. The lowest BCUT2D eigenvalue weighted by molar-refractivity contribution is 0.307. The van der Waals surface area contributed by atoms with Crippen molar-refractivity contribution < 1.29 is 4.74 Å². The molecular weight excluding hydrogens is 693 g/mol. The highest BCUT2D eigenvalue weighted by atomic mass is 32.3. The molecule has 0 spiro atoms. The van der Waals surface area contributed by atoms with Gasteiger partial charge in [0, 0.05) is 0 Å². The van der Waals surface area contributed by atoms with Crippen LogP contribution in [0.15, 0.2) is 0 Å². The maximum absolute atomic E-state index is 7.07. The lowest BCUT2D eigenvalue weighted by atomic mass is 10.1. The number of rotatable bonds is 45. The van der Waals surface area contributed by atoms with Crippen LogP contribution >= 0.6 is 21.4 Å². The van der Waals surface area contributed by atoms with E-state index in [0.717, 1.165) is 6.61 Å². The fourth-order valence-corrected chi connectivity index (χ4v) is 16.4. The summed E-state index contributed by atoms with van der Waals surface area (Å²) in [5.41, 5.74) is 0. The molecule has 0 heterocycles. The van der Waals surface area contributed by atoms with Crippen molar-refractivity contribution in [2.75, 3.05) is 29.6 Å². The molecule has 0 bridgehead atoms. The molecule has 0 aromatic heterocycles. The van der Waals surface area contributed by atoms with Gasteiger partial charge in [0.05, 0.1) is 6.61 Å². The third-order valence-electron chi connectivity index (χ3n) is 12.8. The topological polar surface area (TPSA) is 9.23 Å². The van der Waals surface area contributed by atoms with E-state index in [2.05, 4.69) is 34.6 Å². The summed E-state index contributed by atoms with van der Waals surface area (Å²) in [6, 6.07) is 0. The van der Waals surface area contributed by atoms with Crippen LogP contribution in [0.3, 0.4) is 0 Å². The molecule has 0 rings (SSSR count). The molecule has 0 aromatic carbocycles. The molecule has 0 aliphatic heterocycles. The van der Waals surface area contributed by atoms with Gasteiger partial charge in [-0.15, -0.1) is 12.6 Å². The third kappa shape index (κ3) is 30.6. The van der Waals surface area contributed by atoms with Crippen molar-refractivity contribution >= 4 is 25.8 Å². The van der Waals surface area contributed by atoms with E-state index in [-0.39, 0.29) is 0 Å².